The van der Waals surface area contributed by atoms with Crippen LogP contribution in [0.3, 0.4) is 0 Å². The molecule has 4 heteroatoms. The Morgan fingerprint density at radius 3 is 0.977 bits per heavy atom. The fourth-order valence-electron chi connectivity index (χ4n) is 6.37. The zero-order chi connectivity index (χ0) is 31.6. The zero-order valence-electron chi connectivity index (χ0n) is 28.6. The molecule has 0 radical (unpaired) electrons. The predicted molar refractivity (Wildman–Crippen MR) is 190 cm³/mol. The van der Waals surface area contributed by atoms with Gasteiger partial charge >= 0.3 is 0 Å². The van der Waals surface area contributed by atoms with E-state index in [0.717, 1.165) is 36.8 Å². The number of nitrogens with one attached hydrogen (secondary N) is 2. The third kappa shape index (κ3) is 16.5. The van der Waals surface area contributed by atoms with E-state index in [9.17, 15) is 10.2 Å². The lowest BCUT2D eigenvalue weighted by Gasteiger charge is -2.33. The highest BCUT2D eigenvalue weighted by Gasteiger charge is 2.30. The Kier molecular flexibility index (Phi) is 21.4. The van der Waals surface area contributed by atoms with Crippen molar-refractivity contribution in [2.24, 2.45) is 0 Å². The van der Waals surface area contributed by atoms with Crippen molar-refractivity contribution < 1.29 is 10.2 Å². The quantitative estimate of drug-likeness (QED) is 0.0548. The number of rotatable bonds is 29. The molecule has 44 heavy (non-hydrogen) atoms. The molecule has 2 unspecified atom stereocenters. The molecule has 0 aliphatic rings. The number of aliphatic hydroxyl groups is 2. The van der Waals surface area contributed by atoms with Gasteiger partial charge in [0.2, 0.25) is 0 Å². The number of benzene rings is 2. The summed E-state index contributed by atoms with van der Waals surface area (Å²) in [6.45, 7) is 5.67. The Bertz CT molecular complexity index is 833. The maximum Gasteiger partial charge on any atom is 0.142 e. The molecule has 0 heterocycles. The van der Waals surface area contributed by atoms with E-state index in [1.54, 1.807) is 0 Å². The second-order valence-corrected chi connectivity index (χ2v) is 13.2. The van der Waals surface area contributed by atoms with Gasteiger partial charge in [-0.15, -0.1) is 0 Å². The maximum absolute atomic E-state index is 11.8. The predicted octanol–water partition coefficient (Wildman–Crippen LogP) is 10.5. The number of unbranched alkanes of at least 4 members (excludes halogenated alkanes) is 18. The lowest BCUT2D eigenvalue weighted by atomic mass is 9.94. The van der Waals surface area contributed by atoms with Crippen LogP contribution in [-0.4, -0.2) is 23.3 Å². The highest BCUT2D eigenvalue weighted by Crippen LogP contribution is 2.27. The summed E-state index contributed by atoms with van der Waals surface area (Å²) in [6, 6.07) is 20.1. The summed E-state index contributed by atoms with van der Waals surface area (Å²) < 4.78 is 0. The first-order valence-electron chi connectivity index (χ1n) is 18.6. The first kappa shape index (κ1) is 38.5. The molecule has 0 saturated carbocycles. The van der Waals surface area contributed by atoms with Gasteiger partial charge in [-0.1, -0.05) is 190 Å². The summed E-state index contributed by atoms with van der Waals surface area (Å²) >= 11 is 0. The molecule has 0 amide bonds. The lowest BCUT2D eigenvalue weighted by Crippen LogP contribution is -2.49. The fourth-order valence-corrected chi connectivity index (χ4v) is 6.37. The van der Waals surface area contributed by atoms with E-state index in [0.29, 0.717) is 25.9 Å². The molecular weight excluding hydrogens is 540 g/mol. The smallest absolute Gasteiger partial charge is 0.142 e. The van der Waals surface area contributed by atoms with Gasteiger partial charge in [-0.05, 0) is 36.8 Å². The summed E-state index contributed by atoms with van der Waals surface area (Å²) in [4.78, 5) is 0. The fraction of sp³-hybridized carbons (Fsp3) is 0.700. The van der Waals surface area contributed by atoms with Crippen molar-refractivity contribution in [3.8, 4) is 0 Å². The van der Waals surface area contributed by atoms with Crippen LogP contribution < -0.4 is 10.6 Å². The molecule has 0 fully saturated rings. The Hall–Kier alpha value is -1.72. The van der Waals surface area contributed by atoms with Crippen LogP contribution in [0.1, 0.15) is 166 Å². The van der Waals surface area contributed by atoms with Crippen molar-refractivity contribution >= 4 is 0 Å². The van der Waals surface area contributed by atoms with Crippen molar-refractivity contribution in [1.29, 1.82) is 0 Å². The number of hydrogen-bond donors (Lipinski definition) is 4. The van der Waals surface area contributed by atoms with E-state index < -0.39 is 11.4 Å². The van der Waals surface area contributed by atoms with E-state index in [2.05, 4.69) is 24.5 Å². The first-order valence-corrected chi connectivity index (χ1v) is 18.6. The third-order valence-electron chi connectivity index (χ3n) is 9.25. The van der Waals surface area contributed by atoms with Crippen LogP contribution in [0.25, 0.3) is 0 Å². The van der Waals surface area contributed by atoms with Gasteiger partial charge in [0.1, 0.15) is 11.4 Å². The summed E-state index contributed by atoms with van der Waals surface area (Å²) in [5.41, 5.74) is -0.297. The second kappa shape index (κ2) is 24.5. The van der Waals surface area contributed by atoms with Gasteiger partial charge in [-0.3, -0.25) is 10.6 Å². The van der Waals surface area contributed by atoms with E-state index >= 15 is 0 Å². The van der Waals surface area contributed by atoms with Crippen molar-refractivity contribution in [1.82, 2.24) is 10.6 Å². The van der Waals surface area contributed by atoms with Crippen LogP contribution in [0.15, 0.2) is 60.7 Å². The van der Waals surface area contributed by atoms with Gasteiger partial charge in [-0.25, -0.2) is 0 Å². The normalized spacial score (nSPS) is 14.4. The minimum absolute atomic E-state index is 0.566. The minimum atomic E-state index is -1.06. The molecule has 250 valence electrons. The summed E-state index contributed by atoms with van der Waals surface area (Å²) in [5.74, 6) is 0. The molecule has 0 bridgehead atoms. The zero-order valence-corrected chi connectivity index (χ0v) is 28.6. The van der Waals surface area contributed by atoms with E-state index in [-0.39, 0.29) is 0 Å². The molecule has 0 aromatic heterocycles. The SMILES string of the molecule is CCCCCCCCCCCCC(O)(NCCNC(O)(CCCCCCCCCCCC)c1ccccc1)c1ccccc1. The first-order chi connectivity index (χ1) is 21.5. The molecular formula is C40H68N2O2. The van der Waals surface area contributed by atoms with Gasteiger partial charge < -0.3 is 10.2 Å². The Labute approximate surface area is 271 Å². The molecule has 0 aliphatic carbocycles. The molecule has 2 rings (SSSR count). The van der Waals surface area contributed by atoms with Crippen molar-refractivity contribution in [2.75, 3.05) is 13.1 Å². The molecule has 2 aromatic rings. The minimum Gasteiger partial charge on any atom is -0.372 e. The number of hydrogen-bond acceptors (Lipinski definition) is 4. The van der Waals surface area contributed by atoms with Crippen LogP contribution >= 0.6 is 0 Å². The average Bonchev–Trinajstić information content (AvgIpc) is 3.06. The van der Waals surface area contributed by atoms with Crippen molar-refractivity contribution in [3.05, 3.63) is 71.8 Å². The topological polar surface area (TPSA) is 64.5 Å². The van der Waals surface area contributed by atoms with Gasteiger partial charge in [0.05, 0.1) is 0 Å². The third-order valence-corrected chi connectivity index (χ3v) is 9.25. The van der Waals surface area contributed by atoms with Gasteiger partial charge in [0.15, 0.2) is 0 Å². The van der Waals surface area contributed by atoms with Gasteiger partial charge in [-0.2, -0.15) is 0 Å². The monoisotopic (exact) mass is 609 g/mol. The van der Waals surface area contributed by atoms with Crippen LogP contribution in [0.2, 0.25) is 0 Å². The standard InChI is InChI=1S/C40H68N2O2/c1-3-5-7-9-11-13-15-17-19-27-33-39(43,37-29-23-21-24-30-37)41-35-36-42-40(44,38-31-25-22-26-32-38)34-28-20-18-16-14-12-10-8-6-4-2/h21-26,29-32,41-44H,3-20,27-28,33-36H2,1-2H3. The van der Waals surface area contributed by atoms with Gasteiger partial charge in [0.25, 0.3) is 0 Å². The Balaban J connectivity index is 1.79. The van der Waals surface area contributed by atoms with Crippen LogP contribution in [0.5, 0.6) is 0 Å². The highest BCUT2D eigenvalue weighted by molar-refractivity contribution is 5.22. The largest absolute Gasteiger partial charge is 0.372 e. The molecule has 0 saturated heterocycles. The Morgan fingerprint density at radius 2 is 0.682 bits per heavy atom. The van der Waals surface area contributed by atoms with Crippen LogP contribution in [0.4, 0.5) is 0 Å². The molecule has 2 atom stereocenters. The van der Waals surface area contributed by atoms with Crippen molar-refractivity contribution in [3.63, 3.8) is 0 Å². The van der Waals surface area contributed by atoms with E-state index in [1.807, 2.05) is 60.7 Å². The van der Waals surface area contributed by atoms with Crippen LogP contribution in [0, 0.1) is 0 Å². The molecule has 2 aromatic carbocycles. The average molecular weight is 609 g/mol. The maximum atomic E-state index is 11.8. The molecule has 0 aliphatic heterocycles. The van der Waals surface area contributed by atoms with Gasteiger partial charge in [0, 0.05) is 13.1 Å². The molecule has 4 N–H and O–H groups in total. The summed E-state index contributed by atoms with van der Waals surface area (Å²) in [7, 11) is 0. The molecule has 0 spiro atoms. The van der Waals surface area contributed by atoms with Crippen LogP contribution in [-0.2, 0) is 11.4 Å². The summed E-state index contributed by atoms with van der Waals surface area (Å²) in [5, 5.41) is 30.4. The van der Waals surface area contributed by atoms with E-state index in [1.165, 1.54) is 103 Å². The van der Waals surface area contributed by atoms with E-state index in [4.69, 9.17) is 0 Å². The highest BCUT2D eigenvalue weighted by atomic mass is 16.3. The Morgan fingerprint density at radius 1 is 0.409 bits per heavy atom. The van der Waals surface area contributed by atoms with Crippen molar-refractivity contribution in [2.45, 2.75) is 167 Å². The molecule has 4 nitrogen and oxygen atoms in total. The second-order valence-electron chi connectivity index (χ2n) is 13.2. The summed E-state index contributed by atoms with van der Waals surface area (Å²) in [6.07, 6.45) is 27.0. The lowest BCUT2D eigenvalue weighted by molar-refractivity contribution is -0.0244.